The monoisotopic (exact) mass is 407 g/mol. The van der Waals surface area contributed by atoms with Crippen LogP contribution in [0.4, 0.5) is 0 Å². The predicted octanol–water partition coefficient (Wildman–Crippen LogP) is 2.81. The summed E-state index contributed by atoms with van der Waals surface area (Å²) in [5.74, 6) is 0.337. The van der Waals surface area contributed by atoms with Crippen LogP contribution in [0, 0.1) is 0 Å². The van der Waals surface area contributed by atoms with Gasteiger partial charge in [-0.2, -0.15) is 0 Å². The van der Waals surface area contributed by atoms with E-state index < -0.39 is 5.91 Å². The molecule has 0 aliphatic rings. The number of nitrogens with zero attached hydrogens (tertiary/aromatic N) is 1. The number of hydrogen-bond donors (Lipinski definition) is 3. The van der Waals surface area contributed by atoms with Gasteiger partial charge in [0.1, 0.15) is 0 Å². The number of ether oxygens (including phenoxy) is 2. The number of hydrogen-bond acceptors (Lipinski definition) is 6. The number of nitrogens with one attached hydrogen (secondary N) is 2. The lowest BCUT2D eigenvalue weighted by atomic mass is 10.1. The van der Waals surface area contributed by atoms with E-state index in [0.717, 1.165) is 11.1 Å². The minimum Gasteiger partial charge on any atom is -0.493 e. The molecule has 2 aromatic carbocycles. The van der Waals surface area contributed by atoms with E-state index in [2.05, 4.69) is 10.3 Å². The molecule has 0 saturated heterocycles. The number of carbonyl (C=O) groups is 2. The third-order valence-corrected chi connectivity index (χ3v) is 4.47. The first-order chi connectivity index (χ1) is 14.5. The first-order valence-electron chi connectivity index (χ1n) is 9.05. The van der Waals surface area contributed by atoms with Gasteiger partial charge in [0.05, 0.1) is 19.9 Å². The smallest absolute Gasteiger partial charge is 0.274 e. The molecule has 8 nitrogen and oxygen atoms in total. The molecule has 1 heterocycles. The Morgan fingerprint density at radius 3 is 2.30 bits per heavy atom. The summed E-state index contributed by atoms with van der Waals surface area (Å²) in [6, 6.07) is 15.3. The number of amides is 2. The van der Waals surface area contributed by atoms with Gasteiger partial charge in [-0.3, -0.25) is 19.8 Å². The fraction of sp³-hybridized carbons (Fsp3) is 0.136. The maximum atomic E-state index is 12.6. The van der Waals surface area contributed by atoms with Gasteiger partial charge in [0.15, 0.2) is 11.5 Å². The van der Waals surface area contributed by atoms with E-state index in [1.165, 1.54) is 0 Å². The quantitative estimate of drug-likeness (QED) is 0.410. The van der Waals surface area contributed by atoms with Gasteiger partial charge in [0, 0.05) is 29.4 Å². The molecule has 1 aromatic heterocycles. The highest BCUT2D eigenvalue weighted by atomic mass is 16.5. The first-order valence-corrected chi connectivity index (χ1v) is 9.05. The minimum absolute atomic E-state index is 0.253. The zero-order valence-corrected chi connectivity index (χ0v) is 16.5. The van der Waals surface area contributed by atoms with Gasteiger partial charge < -0.3 is 14.8 Å². The predicted molar refractivity (Wildman–Crippen MR) is 110 cm³/mol. The van der Waals surface area contributed by atoms with Crippen molar-refractivity contribution in [3.8, 4) is 22.8 Å². The standard InChI is InChI=1S/C22H21N3O5/c1-29-19-8-7-16(12-20(19)30-2)18-11-17(9-10-23-18)21(26)24-13-14-3-5-15(6-4-14)22(27)25-28/h3-12,28H,13H2,1-2H3,(H,24,26)(H,25,27). The molecule has 8 heteroatoms. The van der Waals surface area contributed by atoms with Crippen LogP contribution in [0.25, 0.3) is 11.3 Å². The van der Waals surface area contributed by atoms with Gasteiger partial charge in [0.2, 0.25) is 0 Å². The Morgan fingerprint density at radius 1 is 0.900 bits per heavy atom. The Labute approximate surface area is 173 Å². The molecule has 0 saturated carbocycles. The van der Waals surface area contributed by atoms with Crippen molar-refractivity contribution in [2.75, 3.05) is 14.2 Å². The van der Waals surface area contributed by atoms with Crippen LogP contribution in [0.5, 0.6) is 11.5 Å². The second kappa shape index (κ2) is 9.53. The van der Waals surface area contributed by atoms with Crippen molar-refractivity contribution >= 4 is 11.8 Å². The number of carbonyl (C=O) groups excluding carboxylic acids is 2. The van der Waals surface area contributed by atoms with Crippen LogP contribution in [0.2, 0.25) is 0 Å². The number of benzene rings is 2. The van der Waals surface area contributed by atoms with E-state index in [1.54, 1.807) is 74.4 Å². The van der Waals surface area contributed by atoms with Crippen molar-refractivity contribution in [1.29, 1.82) is 0 Å². The largest absolute Gasteiger partial charge is 0.493 e. The number of rotatable bonds is 7. The Balaban J connectivity index is 1.71. The Bertz CT molecular complexity index is 1050. The number of methoxy groups -OCH3 is 2. The van der Waals surface area contributed by atoms with E-state index in [9.17, 15) is 9.59 Å². The fourth-order valence-corrected chi connectivity index (χ4v) is 2.85. The summed E-state index contributed by atoms with van der Waals surface area (Å²) in [5, 5.41) is 11.5. The SMILES string of the molecule is COc1ccc(-c2cc(C(=O)NCc3ccc(C(=O)NO)cc3)ccn2)cc1OC. The van der Waals surface area contributed by atoms with E-state index >= 15 is 0 Å². The second-order valence-electron chi connectivity index (χ2n) is 6.32. The zero-order valence-electron chi connectivity index (χ0n) is 16.5. The minimum atomic E-state index is -0.593. The van der Waals surface area contributed by atoms with Gasteiger partial charge in [-0.1, -0.05) is 12.1 Å². The lowest BCUT2D eigenvalue weighted by Gasteiger charge is -2.10. The molecular formula is C22H21N3O5. The van der Waals surface area contributed by atoms with Crippen molar-refractivity contribution in [1.82, 2.24) is 15.8 Å². The number of pyridine rings is 1. The Kier molecular flexibility index (Phi) is 6.61. The maximum absolute atomic E-state index is 12.6. The Hall–Kier alpha value is -3.91. The molecule has 30 heavy (non-hydrogen) atoms. The van der Waals surface area contributed by atoms with Gasteiger partial charge in [-0.15, -0.1) is 0 Å². The summed E-state index contributed by atoms with van der Waals surface area (Å²) in [7, 11) is 3.12. The van der Waals surface area contributed by atoms with Crippen LogP contribution in [0.1, 0.15) is 26.3 Å². The molecule has 154 valence electrons. The molecule has 3 N–H and O–H groups in total. The van der Waals surface area contributed by atoms with Crippen molar-refractivity contribution < 1.29 is 24.3 Å². The van der Waals surface area contributed by atoms with E-state index in [-0.39, 0.29) is 12.5 Å². The normalized spacial score (nSPS) is 10.2. The number of aromatic nitrogens is 1. The molecule has 0 bridgehead atoms. The van der Waals surface area contributed by atoms with Gasteiger partial charge in [0.25, 0.3) is 11.8 Å². The van der Waals surface area contributed by atoms with Crippen molar-refractivity contribution in [3.63, 3.8) is 0 Å². The third-order valence-electron chi connectivity index (χ3n) is 4.47. The van der Waals surface area contributed by atoms with Crippen LogP contribution in [-0.2, 0) is 6.54 Å². The van der Waals surface area contributed by atoms with Crippen LogP contribution in [0.3, 0.4) is 0 Å². The lowest BCUT2D eigenvalue weighted by molar-refractivity contribution is 0.0706. The summed E-state index contributed by atoms with van der Waals surface area (Å²) in [6.07, 6.45) is 1.57. The van der Waals surface area contributed by atoms with Gasteiger partial charge >= 0.3 is 0 Å². The third kappa shape index (κ3) is 4.73. The van der Waals surface area contributed by atoms with Crippen LogP contribution in [0.15, 0.2) is 60.8 Å². The molecule has 0 aliphatic heterocycles. The molecule has 0 radical (unpaired) electrons. The summed E-state index contributed by atoms with van der Waals surface area (Å²) < 4.78 is 10.6. The zero-order chi connectivity index (χ0) is 21.5. The number of hydroxylamine groups is 1. The molecule has 2 amide bonds. The van der Waals surface area contributed by atoms with Crippen molar-refractivity contribution in [3.05, 3.63) is 77.5 Å². The highest BCUT2D eigenvalue weighted by Crippen LogP contribution is 2.31. The summed E-state index contributed by atoms with van der Waals surface area (Å²) in [5.41, 5.74) is 4.59. The van der Waals surface area contributed by atoms with E-state index in [4.69, 9.17) is 14.7 Å². The van der Waals surface area contributed by atoms with Crippen molar-refractivity contribution in [2.45, 2.75) is 6.54 Å². The van der Waals surface area contributed by atoms with Gasteiger partial charge in [-0.05, 0) is 48.0 Å². The van der Waals surface area contributed by atoms with Gasteiger partial charge in [-0.25, -0.2) is 5.48 Å². The van der Waals surface area contributed by atoms with E-state index in [1.807, 2.05) is 6.07 Å². The fourth-order valence-electron chi connectivity index (χ4n) is 2.85. The van der Waals surface area contributed by atoms with Crippen LogP contribution < -0.4 is 20.3 Å². The highest BCUT2D eigenvalue weighted by molar-refractivity contribution is 5.95. The molecule has 3 aromatic rings. The summed E-state index contributed by atoms with van der Waals surface area (Å²) in [4.78, 5) is 28.3. The topological polar surface area (TPSA) is 110 Å². The maximum Gasteiger partial charge on any atom is 0.274 e. The van der Waals surface area contributed by atoms with E-state index in [0.29, 0.717) is 28.3 Å². The average Bonchev–Trinajstić information content (AvgIpc) is 2.81. The molecule has 3 rings (SSSR count). The molecule has 0 unspecified atom stereocenters. The molecule has 0 fully saturated rings. The highest BCUT2D eigenvalue weighted by Gasteiger charge is 2.11. The Morgan fingerprint density at radius 2 is 1.63 bits per heavy atom. The lowest BCUT2D eigenvalue weighted by Crippen LogP contribution is -2.23. The van der Waals surface area contributed by atoms with Crippen LogP contribution >= 0.6 is 0 Å². The molecule has 0 spiro atoms. The summed E-state index contributed by atoms with van der Waals surface area (Å²) in [6.45, 7) is 0.286. The van der Waals surface area contributed by atoms with Crippen molar-refractivity contribution in [2.24, 2.45) is 0 Å². The first kappa shape index (κ1) is 20.8. The summed E-state index contributed by atoms with van der Waals surface area (Å²) >= 11 is 0. The second-order valence-corrected chi connectivity index (χ2v) is 6.32. The average molecular weight is 407 g/mol. The molecule has 0 atom stereocenters. The van der Waals surface area contributed by atoms with Crippen LogP contribution in [-0.4, -0.2) is 36.2 Å². The molecular weight excluding hydrogens is 386 g/mol. The molecule has 0 aliphatic carbocycles.